The first kappa shape index (κ1) is 17.4. The van der Waals surface area contributed by atoms with Crippen molar-refractivity contribution in [1.29, 1.82) is 0 Å². The number of rotatable bonds is 4. The maximum Gasteiger partial charge on any atom is 0.276 e. The number of nitrogens with zero attached hydrogens (tertiary/aromatic N) is 4. The van der Waals surface area contributed by atoms with Crippen molar-refractivity contribution in [3.63, 3.8) is 0 Å². The summed E-state index contributed by atoms with van der Waals surface area (Å²) < 4.78 is 6.85. The number of ether oxygens (including phenoxy) is 1. The van der Waals surface area contributed by atoms with Crippen molar-refractivity contribution >= 4 is 5.91 Å². The minimum atomic E-state index is -0.0840. The highest BCUT2D eigenvalue weighted by atomic mass is 16.5. The van der Waals surface area contributed by atoms with Gasteiger partial charge in [-0.15, -0.1) is 5.10 Å². The van der Waals surface area contributed by atoms with E-state index >= 15 is 0 Å². The molecular formula is C18H25N5O2. The molecule has 0 spiro atoms. The number of nitrogens with two attached hydrogens (primary N) is 1. The quantitative estimate of drug-likeness (QED) is 0.916. The average Bonchev–Trinajstić information content (AvgIpc) is 3.02. The van der Waals surface area contributed by atoms with Crippen molar-refractivity contribution in [3.8, 4) is 11.4 Å². The molecule has 0 bridgehead atoms. The number of hydrogen-bond donors (Lipinski definition) is 1. The number of hydrogen-bond acceptors (Lipinski definition) is 5. The summed E-state index contributed by atoms with van der Waals surface area (Å²) in [6.07, 6.45) is 3.04. The van der Waals surface area contributed by atoms with Crippen molar-refractivity contribution in [2.75, 3.05) is 13.7 Å². The first-order chi connectivity index (χ1) is 12.0. The summed E-state index contributed by atoms with van der Waals surface area (Å²) in [7, 11) is 1.62. The molecule has 25 heavy (non-hydrogen) atoms. The maximum absolute atomic E-state index is 13.0. The molecule has 1 saturated heterocycles. The Morgan fingerprint density at radius 2 is 2.04 bits per heavy atom. The van der Waals surface area contributed by atoms with Crippen molar-refractivity contribution in [1.82, 2.24) is 19.9 Å². The van der Waals surface area contributed by atoms with Crippen molar-refractivity contribution < 1.29 is 9.53 Å². The molecule has 1 amide bonds. The first-order valence-electron chi connectivity index (χ1n) is 8.66. The van der Waals surface area contributed by atoms with Gasteiger partial charge in [0.25, 0.3) is 5.91 Å². The minimum Gasteiger partial charge on any atom is -0.497 e. The van der Waals surface area contributed by atoms with Crippen LogP contribution in [0.1, 0.15) is 42.4 Å². The Morgan fingerprint density at radius 1 is 1.32 bits per heavy atom. The largest absolute Gasteiger partial charge is 0.497 e. The Bertz CT molecular complexity index is 738. The highest BCUT2D eigenvalue weighted by molar-refractivity contribution is 5.93. The first-order valence-corrected chi connectivity index (χ1v) is 8.66. The molecule has 2 heterocycles. The fraction of sp³-hybridized carbons (Fsp3) is 0.500. The van der Waals surface area contributed by atoms with Crippen LogP contribution in [0.5, 0.6) is 5.75 Å². The van der Waals surface area contributed by atoms with Crippen LogP contribution in [0.15, 0.2) is 24.3 Å². The average molecular weight is 343 g/mol. The van der Waals surface area contributed by atoms with E-state index in [0.717, 1.165) is 42.9 Å². The molecular weight excluding hydrogens is 318 g/mol. The van der Waals surface area contributed by atoms with E-state index in [2.05, 4.69) is 10.3 Å². The molecule has 0 saturated carbocycles. The zero-order valence-corrected chi connectivity index (χ0v) is 15.0. The standard InChI is InChI=1S/C18H25N5O2/c1-12(19)16-6-4-5-11-22(16)18(24)17-13(2)23(21-20-17)14-7-9-15(25-3)10-8-14/h7-10,12,16H,4-6,11,19H2,1-3H3. The fourth-order valence-corrected chi connectivity index (χ4v) is 3.39. The second kappa shape index (κ2) is 7.23. The SMILES string of the molecule is COc1ccc(-n2nnc(C(=O)N3CCCCC3C(C)N)c2C)cc1. The van der Waals surface area contributed by atoms with E-state index in [-0.39, 0.29) is 18.0 Å². The number of carbonyl (C=O) groups is 1. The lowest BCUT2D eigenvalue weighted by atomic mass is 9.96. The summed E-state index contributed by atoms with van der Waals surface area (Å²) in [5.74, 6) is 0.685. The highest BCUT2D eigenvalue weighted by Gasteiger charge is 2.32. The second-order valence-corrected chi connectivity index (χ2v) is 6.55. The van der Waals surface area contributed by atoms with Gasteiger partial charge in [0, 0.05) is 18.6 Å². The van der Waals surface area contributed by atoms with Crippen LogP contribution in [0.2, 0.25) is 0 Å². The molecule has 1 fully saturated rings. The topological polar surface area (TPSA) is 86.3 Å². The molecule has 1 aliphatic rings. The van der Waals surface area contributed by atoms with E-state index in [1.54, 1.807) is 11.8 Å². The summed E-state index contributed by atoms with van der Waals surface area (Å²) in [4.78, 5) is 14.9. The molecule has 7 nitrogen and oxygen atoms in total. The van der Waals surface area contributed by atoms with Crippen LogP contribution in [0.3, 0.4) is 0 Å². The van der Waals surface area contributed by atoms with Crippen molar-refractivity contribution in [3.05, 3.63) is 35.7 Å². The number of aromatic nitrogens is 3. The van der Waals surface area contributed by atoms with Gasteiger partial charge in [-0.1, -0.05) is 5.21 Å². The molecule has 0 aliphatic carbocycles. The van der Waals surface area contributed by atoms with Crippen LogP contribution in [-0.4, -0.2) is 51.5 Å². The van der Waals surface area contributed by atoms with Gasteiger partial charge < -0.3 is 15.4 Å². The molecule has 1 aromatic carbocycles. The molecule has 0 radical (unpaired) electrons. The predicted molar refractivity (Wildman–Crippen MR) is 95.0 cm³/mol. The van der Waals surface area contributed by atoms with Gasteiger partial charge in [-0.2, -0.15) is 0 Å². The van der Waals surface area contributed by atoms with Crippen molar-refractivity contribution in [2.24, 2.45) is 5.73 Å². The summed E-state index contributed by atoms with van der Waals surface area (Å²) in [6, 6.07) is 7.50. The third kappa shape index (κ3) is 3.37. The highest BCUT2D eigenvalue weighted by Crippen LogP contribution is 2.23. The van der Waals surface area contributed by atoms with Crippen LogP contribution in [-0.2, 0) is 0 Å². The van der Waals surface area contributed by atoms with Crippen LogP contribution in [0.25, 0.3) is 5.69 Å². The number of likely N-dealkylation sites (tertiary alicyclic amines) is 1. The number of benzene rings is 1. The van der Waals surface area contributed by atoms with E-state index in [4.69, 9.17) is 10.5 Å². The van der Waals surface area contributed by atoms with Crippen LogP contribution in [0, 0.1) is 6.92 Å². The van der Waals surface area contributed by atoms with Crippen LogP contribution >= 0.6 is 0 Å². The summed E-state index contributed by atoms with van der Waals surface area (Å²) in [6.45, 7) is 4.54. The maximum atomic E-state index is 13.0. The minimum absolute atomic E-state index is 0.0545. The van der Waals surface area contributed by atoms with Crippen molar-refractivity contribution in [2.45, 2.75) is 45.2 Å². The van der Waals surface area contributed by atoms with Gasteiger partial charge in [0.1, 0.15) is 5.75 Å². The molecule has 2 atom stereocenters. The van der Waals surface area contributed by atoms with Gasteiger partial charge in [0.2, 0.25) is 0 Å². The third-order valence-electron chi connectivity index (χ3n) is 4.83. The lowest BCUT2D eigenvalue weighted by Crippen LogP contribution is -2.51. The van der Waals surface area contributed by atoms with Gasteiger partial charge >= 0.3 is 0 Å². The molecule has 7 heteroatoms. The summed E-state index contributed by atoms with van der Waals surface area (Å²) in [5, 5.41) is 8.33. The lowest BCUT2D eigenvalue weighted by molar-refractivity contribution is 0.0577. The Labute approximate surface area is 147 Å². The van der Waals surface area contributed by atoms with E-state index < -0.39 is 0 Å². The van der Waals surface area contributed by atoms with E-state index in [9.17, 15) is 4.79 Å². The van der Waals surface area contributed by atoms with E-state index in [0.29, 0.717) is 5.69 Å². The number of amides is 1. The monoisotopic (exact) mass is 343 g/mol. The summed E-state index contributed by atoms with van der Waals surface area (Å²) in [5.41, 5.74) is 8.05. The van der Waals surface area contributed by atoms with E-state index in [1.807, 2.05) is 43.0 Å². The lowest BCUT2D eigenvalue weighted by Gasteiger charge is -2.37. The van der Waals surface area contributed by atoms with Crippen LogP contribution in [0.4, 0.5) is 0 Å². The molecule has 1 aliphatic heterocycles. The number of piperidine rings is 1. The van der Waals surface area contributed by atoms with Gasteiger partial charge in [0.05, 0.1) is 18.5 Å². The number of methoxy groups -OCH3 is 1. The molecule has 134 valence electrons. The number of carbonyl (C=O) groups excluding carboxylic acids is 1. The summed E-state index contributed by atoms with van der Waals surface area (Å²) >= 11 is 0. The smallest absolute Gasteiger partial charge is 0.276 e. The normalized spacial score (nSPS) is 18.9. The predicted octanol–water partition coefficient (Wildman–Crippen LogP) is 1.93. The van der Waals surface area contributed by atoms with Gasteiger partial charge in [0.15, 0.2) is 5.69 Å². The van der Waals surface area contributed by atoms with Crippen LogP contribution < -0.4 is 10.5 Å². The Kier molecular flexibility index (Phi) is 5.03. The van der Waals surface area contributed by atoms with Gasteiger partial charge in [-0.05, 0) is 57.4 Å². The third-order valence-corrected chi connectivity index (χ3v) is 4.83. The molecule has 3 rings (SSSR count). The van der Waals surface area contributed by atoms with E-state index in [1.165, 1.54) is 0 Å². The fourth-order valence-electron chi connectivity index (χ4n) is 3.39. The van der Waals surface area contributed by atoms with Gasteiger partial charge in [-0.25, -0.2) is 4.68 Å². The molecule has 2 aromatic rings. The zero-order valence-electron chi connectivity index (χ0n) is 15.0. The second-order valence-electron chi connectivity index (χ2n) is 6.55. The zero-order chi connectivity index (χ0) is 18.0. The Balaban J connectivity index is 1.87. The Morgan fingerprint density at radius 3 is 2.68 bits per heavy atom. The molecule has 2 N–H and O–H groups in total. The molecule has 1 aromatic heterocycles. The Hall–Kier alpha value is -2.41. The molecule has 2 unspecified atom stereocenters. The van der Waals surface area contributed by atoms with Gasteiger partial charge in [-0.3, -0.25) is 4.79 Å².